The average Bonchev–Trinajstić information content (AvgIpc) is 3.24. The van der Waals surface area contributed by atoms with Crippen LogP contribution in [-0.2, 0) is 9.59 Å². The van der Waals surface area contributed by atoms with Crippen LogP contribution in [0.2, 0.25) is 0 Å². The van der Waals surface area contributed by atoms with E-state index in [-0.39, 0.29) is 17.7 Å². The largest absolute Gasteiger partial charge is 0.339 e. The fourth-order valence-electron chi connectivity index (χ4n) is 4.38. The van der Waals surface area contributed by atoms with Crippen molar-refractivity contribution in [3.8, 4) is 0 Å². The summed E-state index contributed by atoms with van der Waals surface area (Å²) < 4.78 is 0. The van der Waals surface area contributed by atoms with Gasteiger partial charge in [0.1, 0.15) is 0 Å². The fraction of sp³-hybridized carbons (Fsp3) is 0.652. The molecular weight excluding hydrogens is 350 g/mol. The first kappa shape index (κ1) is 20.8. The van der Waals surface area contributed by atoms with E-state index in [0.717, 1.165) is 19.6 Å². The predicted molar refractivity (Wildman–Crippen MR) is 112 cm³/mol. The topological polar surface area (TPSA) is 43.9 Å². The molecule has 28 heavy (non-hydrogen) atoms. The Morgan fingerprint density at radius 1 is 0.857 bits per heavy atom. The SMILES string of the molecule is CC(C)C(CC(=O)N1CCN(C(=O)CCN2CCCC2)CC1)c1ccccc1. The molecule has 0 radical (unpaired) electrons. The first-order valence-corrected chi connectivity index (χ1v) is 10.9. The molecule has 2 heterocycles. The summed E-state index contributed by atoms with van der Waals surface area (Å²) in [6.07, 6.45) is 3.67. The Labute approximate surface area is 169 Å². The smallest absolute Gasteiger partial charge is 0.223 e. The molecule has 154 valence electrons. The van der Waals surface area contributed by atoms with E-state index >= 15 is 0 Å². The number of hydrogen-bond donors (Lipinski definition) is 0. The monoisotopic (exact) mass is 385 g/mol. The second-order valence-corrected chi connectivity index (χ2v) is 8.53. The van der Waals surface area contributed by atoms with Crippen LogP contribution in [0, 0.1) is 5.92 Å². The lowest BCUT2D eigenvalue weighted by atomic mass is 9.85. The average molecular weight is 386 g/mol. The second kappa shape index (κ2) is 10.1. The molecule has 5 heteroatoms. The number of hydrogen-bond acceptors (Lipinski definition) is 3. The number of likely N-dealkylation sites (tertiary alicyclic amines) is 1. The fourth-order valence-corrected chi connectivity index (χ4v) is 4.38. The summed E-state index contributed by atoms with van der Waals surface area (Å²) in [5.74, 6) is 1.11. The first-order valence-electron chi connectivity index (χ1n) is 10.9. The lowest BCUT2D eigenvalue weighted by molar-refractivity contribution is -0.140. The minimum atomic E-state index is 0.215. The Morgan fingerprint density at radius 2 is 1.43 bits per heavy atom. The van der Waals surface area contributed by atoms with Crippen LogP contribution in [0.1, 0.15) is 51.0 Å². The second-order valence-electron chi connectivity index (χ2n) is 8.53. The van der Waals surface area contributed by atoms with Crippen LogP contribution in [0.25, 0.3) is 0 Å². The number of piperazine rings is 1. The van der Waals surface area contributed by atoms with Gasteiger partial charge in [0, 0.05) is 45.6 Å². The van der Waals surface area contributed by atoms with E-state index in [1.54, 1.807) is 0 Å². The first-order chi connectivity index (χ1) is 13.5. The third kappa shape index (κ3) is 5.57. The van der Waals surface area contributed by atoms with Crippen molar-refractivity contribution in [3.05, 3.63) is 35.9 Å². The van der Waals surface area contributed by atoms with E-state index in [1.807, 2.05) is 28.0 Å². The number of benzene rings is 1. The van der Waals surface area contributed by atoms with Gasteiger partial charge < -0.3 is 14.7 Å². The van der Waals surface area contributed by atoms with Gasteiger partial charge in [-0.15, -0.1) is 0 Å². The van der Waals surface area contributed by atoms with E-state index in [1.165, 1.54) is 18.4 Å². The van der Waals surface area contributed by atoms with E-state index in [9.17, 15) is 9.59 Å². The van der Waals surface area contributed by atoms with Gasteiger partial charge in [-0.25, -0.2) is 0 Å². The third-order valence-electron chi connectivity index (χ3n) is 6.25. The zero-order valence-electron chi connectivity index (χ0n) is 17.5. The molecule has 0 spiro atoms. The predicted octanol–water partition coefficient (Wildman–Crippen LogP) is 2.97. The molecule has 2 amide bonds. The van der Waals surface area contributed by atoms with Crippen molar-refractivity contribution in [1.82, 2.24) is 14.7 Å². The zero-order valence-corrected chi connectivity index (χ0v) is 17.5. The number of nitrogens with zero attached hydrogens (tertiary/aromatic N) is 3. The summed E-state index contributed by atoms with van der Waals surface area (Å²) in [4.78, 5) is 31.6. The molecule has 3 rings (SSSR count). The molecule has 1 atom stereocenters. The molecule has 2 aliphatic rings. The Balaban J connectivity index is 1.45. The molecule has 1 aromatic rings. The molecule has 2 saturated heterocycles. The van der Waals surface area contributed by atoms with Crippen molar-refractivity contribution >= 4 is 11.8 Å². The maximum Gasteiger partial charge on any atom is 0.223 e. The van der Waals surface area contributed by atoms with Crippen LogP contribution >= 0.6 is 0 Å². The van der Waals surface area contributed by atoms with Crippen LogP contribution in [0.15, 0.2) is 30.3 Å². The van der Waals surface area contributed by atoms with Gasteiger partial charge in [0.2, 0.25) is 11.8 Å². The molecule has 0 aliphatic carbocycles. The van der Waals surface area contributed by atoms with Gasteiger partial charge in [-0.1, -0.05) is 44.2 Å². The van der Waals surface area contributed by atoms with Crippen molar-refractivity contribution in [1.29, 1.82) is 0 Å². The molecular formula is C23H35N3O2. The number of rotatable bonds is 7. The van der Waals surface area contributed by atoms with Gasteiger partial charge >= 0.3 is 0 Å². The van der Waals surface area contributed by atoms with Crippen LogP contribution < -0.4 is 0 Å². The van der Waals surface area contributed by atoms with E-state index in [0.29, 0.717) is 44.9 Å². The highest BCUT2D eigenvalue weighted by Gasteiger charge is 2.27. The number of carbonyl (C=O) groups excluding carboxylic acids is 2. The summed E-state index contributed by atoms with van der Waals surface area (Å²) >= 11 is 0. The van der Waals surface area contributed by atoms with Gasteiger partial charge in [0.05, 0.1) is 0 Å². The van der Waals surface area contributed by atoms with Crippen LogP contribution in [0.4, 0.5) is 0 Å². The van der Waals surface area contributed by atoms with Crippen molar-refractivity contribution < 1.29 is 9.59 Å². The standard InChI is InChI=1S/C23H35N3O2/c1-19(2)21(20-8-4-3-5-9-20)18-23(28)26-16-14-25(15-17-26)22(27)10-13-24-11-6-7-12-24/h3-5,8-9,19,21H,6-7,10-18H2,1-2H3. The molecule has 1 unspecified atom stereocenters. The van der Waals surface area contributed by atoms with Crippen molar-refractivity contribution in [3.63, 3.8) is 0 Å². The van der Waals surface area contributed by atoms with Gasteiger partial charge in [0.25, 0.3) is 0 Å². The Hall–Kier alpha value is -1.88. The van der Waals surface area contributed by atoms with E-state index in [4.69, 9.17) is 0 Å². The molecule has 2 aliphatic heterocycles. The maximum absolute atomic E-state index is 12.9. The van der Waals surface area contributed by atoms with Gasteiger partial charge in [-0.05, 0) is 43.3 Å². The van der Waals surface area contributed by atoms with Crippen molar-refractivity contribution in [2.75, 3.05) is 45.8 Å². The normalized spacial score (nSPS) is 19.2. The minimum absolute atomic E-state index is 0.215. The molecule has 0 bridgehead atoms. The van der Waals surface area contributed by atoms with E-state index in [2.05, 4.69) is 30.9 Å². The van der Waals surface area contributed by atoms with Gasteiger partial charge in [0.15, 0.2) is 0 Å². The van der Waals surface area contributed by atoms with Gasteiger partial charge in [-0.3, -0.25) is 9.59 Å². The summed E-state index contributed by atoms with van der Waals surface area (Å²) in [5, 5.41) is 0. The summed E-state index contributed by atoms with van der Waals surface area (Å²) in [5.41, 5.74) is 1.24. The summed E-state index contributed by atoms with van der Waals surface area (Å²) in [6.45, 7) is 10.2. The summed E-state index contributed by atoms with van der Waals surface area (Å²) in [7, 11) is 0. The highest BCUT2D eigenvalue weighted by atomic mass is 16.2. The van der Waals surface area contributed by atoms with Crippen molar-refractivity contribution in [2.45, 2.75) is 45.4 Å². The maximum atomic E-state index is 12.9. The van der Waals surface area contributed by atoms with Crippen molar-refractivity contribution in [2.24, 2.45) is 5.92 Å². The molecule has 5 nitrogen and oxygen atoms in total. The van der Waals surface area contributed by atoms with Crippen LogP contribution in [-0.4, -0.2) is 72.3 Å². The van der Waals surface area contributed by atoms with Crippen LogP contribution in [0.3, 0.4) is 0 Å². The number of amides is 2. The lowest BCUT2D eigenvalue weighted by Gasteiger charge is -2.36. The zero-order chi connectivity index (χ0) is 19.9. The van der Waals surface area contributed by atoms with Gasteiger partial charge in [-0.2, -0.15) is 0 Å². The Morgan fingerprint density at radius 3 is 2.00 bits per heavy atom. The molecule has 0 saturated carbocycles. The lowest BCUT2D eigenvalue weighted by Crippen LogP contribution is -2.51. The Bertz CT molecular complexity index is 633. The molecule has 0 aromatic heterocycles. The van der Waals surface area contributed by atoms with E-state index < -0.39 is 0 Å². The highest BCUT2D eigenvalue weighted by molar-refractivity contribution is 5.79. The van der Waals surface area contributed by atoms with Crippen LogP contribution in [0.5, 0.6) is 0 Å². The third-order valence-corrected chi connectivity index (χ3v) is 6.25. The Kier molecular flexibility index (Phi) is 7.49. The summed E-state index contributed by atoms with van der Waals surface area (Å²) in [6, 6.07) is 10.3. The molecule has 2 fully saturated rings. The molecule has 1 aromatic carbocycles. The quantitative estimate of drug-likeness (QED) is 0.725. The molecule has 0 N–H and O–H groups in total. The minimum Gasteiger partial charge on any atom is -0.339 e. The highest BCUT2D eigenvalue weighted by Crippen LogP contribution is 2.28. The number of carbonyl (C=O) groups is 2.